The van der Waals surface area contributed by atoms with Crippen molar-refractivity contribution >= 4 is 55.3 Å². The first-order valence-electron chi connectivity index (χ1n) is 17.1. The summed E-state index contributed by atoms with van der Waals surface area (Å²) < 4.78 is 6.57. The summed E-state index contributed by atoms with van der Waals surface area (Å²) in [6.45, 7) is 0. The first kappa shape index (κ1) is 29.1. The lowest BCUT2D eigenvalue weighted by atomic mass is 9.97. The summed E-state index contributed by atoms with van der Waals surface area (Å²) in [5.74, 6) is 1.34. The molecule has 1 unspecified atom stereocenters. The minimum absolute atomic E-state index is 0.369. The highest BCUT2D eigenvalue weighted by Crippen LogP contribution is 2.41. The van der Waals surface area contributed by atoms with Crippen LogP contribution in [0.3, 0.4) is 0 Å². The third-order valence-corrected chi connectivity index (χ3v) is 9.65. The van der Waals surface area contributed by atoms with Gasteiger partial charge in [0.05, 0.1) is 17.5 Å². The number of fused-ring (bicyclic) bond motifs is 7. The van der Waals surface area contributed by atoms with E-state index in [1.54, 1.807) is 0 Å². The van der Waals surface area contributed by atoms with Crippen molar-refractivity contribution < 1.29 is 4.42 Å². The average molecular weight is 654 g/mol. The van der Waals surface area contributed by atoms with E-state index in [4.69, 9.17) is 24.7 Å². The van der Waals surface area contributed by atoms with E-state index in [9.17, 15) is 0 Å². The number of benzene rings is 7. The summed E-state index contributed by atoms with van der Waals surface area (Å²) in [6, 6.07) is 58.3. The summed E-state index contributed by atoms with van der Waals surface area (Å²) in [4.78, 5) is 15.2. The van der Waals surface area contributed by atoms with E-state index in [-0.39, 0.29) is 6.17 Å². The van der Waals surface area contributed by atoms with Crippen LogP contribution in [0.15, 0.2) is 184 Å². The maximum Gasteiger partial charge on any atom is 0.162 e. The van der Waals surface area contributed by atoms with Gasteiger partial charge in [-0.1, -0.05) is 164 Å². The zero-order valence-electron chi connectivity index (χ0n) is 27.4. The van der Waals surface area contributed by atoms with Crippen LogP contribution in [-0.4, -0.2) is 16.7 Å². The molecule has 1 aliphatic rings. The van der Waals surface area contributed by atoms with Crippen molar-refractivity contribution in [3.05, 3.63) is 192 Å². The predicted molar refractivity (Wildman–Crippen MR) is 209 cm³/mol. The number of rotatable bonds is 5. The molecule has 5 heteroatoms. The van der Waals surface area contributed by atoms with Gasteiger partial charge < -0.3 is 14.7 Å². The van der Waals surface area contributed by atoms with Gasteiger partial charge in [0, 0.05) is 27.1 Å². The van der Waals surface area contributed by atoms with E-state index >= 15 is 0 Å². The van der Waals surface area contributed by atoms with Gasteiger partial charge >= 0.3 is 0 Å². The van der Waals surface area contributed by atoms with Crippen LogP contribution < -0.4 is 0 Å². The molecule has 0 saturated carbocycles. The third-order valence-electron chi connectivity index (χ3n) is 9.65. The fraction of sp³-hybridized carbons (Fsp3) is 0.0217. The van der Waals surface area contributed by atoms with E-state index in [0.717, 1.165) is 82.7 Å². The Labute approximate surface area is 294 Å². The van der Waals surface area contributed by atoms with Gasteiger partial charge in [0.1, 0.15) is 11.3 Å². The Morgan fingerprint density at radius 1 is 0.510 bits per heavy atom. The fourth-order valence-electron chi connectivity index (χ4n) is 7.13. The molecule has 3 heterocycles. The molecule has 51 heavy (non-hydrogen) atoms. The van der Waals surface area contributed by atoms with Crippen LogP contribution in [-0.2, 0) is 0 Å². The Balaban J connectivity index is 1.06. The number of amidine groups is 2. The molecule has 0 fully saturated rings. The molecule has 1 atom stereocenters. The quantitative estimate of drug-likeness (QED) is 0.174. The number of nitrogens with zero attached hydrogens (tertiary/aromatic N) is 4. The van der Waals surface area contributed by atoms with Crippen molar-refractivity contribution in [2.24, 2.45) is 9.98 Å². The molecule has 1 aliphatic heterocycles. The van der Waals surface area contributed by atoms with E-state index in [2.05, 4.69) is 109 Å². The number of para-hydroxylation sites is 1. The van der Waals surface area contributed by atoms with Crippen molar-refractivity contribution in [3.8, 4) is 22.4 Å². The van der Waals surface area contributed by atoms with Gasteiger partial charge in [-0.05, 0) is 45.3 Å². The summed E-state index contributed by atoms with van der Waals surface area (Å²) in [5.41, 5.74) is 9.55. The highest BCUT2D eigenvalue weighted by Gasteiger charge is 2.19. The lowest BCUT2D eigenvalue weighted by Gasteiger charge is -2.32. The smallest absolute Gasteiger partial charge is 0.162 e. The largest absolute Gasteiger partial charge is 0.454 e. The summed E-state index contributed by atoms with van der Waals surface area (Å²) in [5, 5.41) is 10.6. The molecular formula is C46H29N4O-. The second kappa shape index (κ2) is 11.9. The van der Waals surface area contributed by atoms with Gasteiger partial charge in [-0.3, -0.25) is 4.99 Å². The topological polar surface area (TPSA) is 64.8 Å². The van der Waals surface area contributed by atoms with Gasteiger partial charge in [-0.25, -0.2) is 4.98 Å². The monoisotopic (exact) mass is 653 g/mol. The Bertz CT molecular complexity index is 2820. The van der Waals surface area contributed by atoms with Crippen molar-refractivity contribution in [2.75, 3.05) is 0 Å². The molecule has 0 amide bonds. The molecule has 0 spiro atoms. The second-order valence-electron chi connectivity index (χ2n) is 12.8. The van der Waals surface area contributed by atoms with Crippen LogP contribution in [0, 0.1) is 0 Å². The minimum atomic E-state index is -0.369. The molecule has 0 aliphatic carbocycles. The van der Waals surface area contributed by atoms with E-state index < -0.39 is 0 Å². The highest BCUT2D eigenvalue weighted by molar-refractivity contribution is 6.24. The zero-order valence-corrected chi connectivity index (χ0v) is 27.4. The zero-order chi connectivity index (χ0) is 33.7. The maximum atomic E-state index is 6.57. The average Bonchev–Trinajstić information content (AvgIpc) is 3.61. The van der Waals surface area contributed by atoms with E-state index in [1.165, 1.54) is 0 Å². The predicted octanol–water partition coefficient (Wildman–Crippen LogP) is 11.9. The standard InChI is InChI=1S/C46H29N4O/c1-3-13-31(14-4-1)44-48-45(32-15-5-2-6-16-32)50-46(49-44)33-24-22-29(23-25-33)34-17-11-18-35(28-34)41-43-40(37-20-9-10-21-39(37)51-43)38-27-26-30-12-7-8-19-36(30)42(38)47-41/h1-28,44H/q-1. The van der Waals surface area contributed by atoms with Crippen LogP contribution in [0.2, 0.25) is 0 Å². The number of aromatic nitrogens is 1. The molecular weight excluding hydrogens is 625 g/mol. The van der Waals surface area contributed by atoms with Crippen molar-refractivity contribution in [1.29, 1.82) is 0 Å². The van der Waals surface area contributed by atoms with Crippen molar-refractivity contribution in [1.82, 2.24) is 4.98 Å². The molecule has 240 valence electrons. The molecule has 2 aromatic heterocycles. The number of hydrogen-bond acceptors (Lipinski definition) is 4. The summed E-state index contributed by atoms with van der Waals surface area (Å²) in [7, 11) is 0. The van der Waals surface area contributed by atoms with Gasteiger partial charge in [-0.15, -0.1) is 0 Å². The molecule has 0 radical (unpaired) electrons. The SMILES string of the molecule is c1ccc(C2=NC(c3ccccc3)[N-]C(c3ccc(-c4cccc(-c5nc6c7ccccc7ccc6c6c5oc5ccccc56)c4)cc3)=N2)cc1. The van der Waals surface area contributed by atoms with Crippen LogP contribution >= 0.6 is 0 Å². The minimum Gasteiger partial charge on any atom is -0.454 e. The van der Waals surface area contributed by atoms with Crippen LogP contribution in [0.5, 0.6) is 0 Å². The molecule has 10 rings (SSSR count). The van der Waals surface area contributed by atoms with Gasteiger partial charge in [0.2, 0.25) is 0 Å². The highest BCUT2D eigenvalue weighted by atomic mass is 16.3. The Hall–Kier alpha value is -6.85. The molecule has 5 nitrogen and oxygen atoms in total. The summed E-state index contributed by atoms with van der Waals surface area (Å²) >= 11 is 0. The number of aliphatic imine (C=N–C) groups is 2. The van der Waals surface area contributed by atoms with Gasteiger partial charge in [-0.2, -0.15) is 0 Å². The van der Waals surface area contributed by atoms with Crippen LogP contribution in [0.1, 0.15) is 22.9 Å². The Kier molecular flexibility index (Phi) is 6.81. The lowest BCUT2D eigenvalue weighted by Crippen LogP contribution is -2.15. The Morgan fingerprint density at radius 2 is 1.20 bits per heavy atom. The van der Waals surface area contributed by atoms with Crippen LogP contribution in [0.4, 0.5) is 0 Å². The number of hydrogen-bond donors (Lipinski definition) is 0. The fourth-order valence-corrected chi connectivity index (χ4v) is 7.13. The number of pyridine rings is 1. The third kappa shape index (κ3) is 5.06. The molecule has 0 N–H and O–H groups in total. The first-order chi connectivity index (χ1) is 25.3. The molecule has 9 aromatic rings. The van der Waals surface area contributed by atoms with Crippen molar-refractivity contribution in [3.63, 3.8) is 0 Å². The van der Waals surface area contributed by atoms with Gasteiger partial charge in [0.15, 0.2) is 5.58 Å². The van der Waals surface area contributed by atoms with Crippen molar-refractivity contribution in [2.45, 2.75) is 6.17 Å². The lowest BCUT2D eigenvalue weighted by molar-refractivity contribution is 0.669. The number of furan rings is 1. The Morgan fingerprint density at radius 3 is 2.04 bits per heavy atom. The second-order valence-corrected chi connectivity index (χ2v) is 12.8. The van der Waals surface area contributed by atoms with E-state index in [1.807, 2.05) is 60.7 Å². The molecule has 7 aromatic carbocycles. The molecule has 0 bridgehead atoms. The maximum absolute atomic E-state index is 6.57. The first-order valence-corrected chi connectivity index (χ1v) is 17.1. The van der Waals surface area contributed by atoms with Crippen LogP contribution in [0.25, 0.3) is 71.3 Å². The normalized spacial score (nSPS) is 14.5. The van der Waals surface area contributed by atoms with Gasteiger partial charge in [0.25, 0.3) is 0 Å². The van der Waals surface area contributed by atoms with E-state index in [0.29, 0.717) is 11.7 Å². The molecule has 0 saturated heterocycles. The summed E-state index contributed by atoms with van der Waals surface area (Å²) in [6.07, 6.45) is -0.369.